The van der Waals surface area contributed by atoms with Crippen molar-refractivity contribution in [3.8, 4) is 11.5 Å². The molecular weight excluding hydrogens is 246 g/mol. The molecular formula is C14H21NO4. The smallest absolute Gasteiger partial charge is 0.305 e. The Bertz CT molecular complexity index is 406. The first-order valence-electron chi connectivity index (χ1n) is 6.22. The van der Waals surface area contributed by atoms with Crippen LogP contribution >= 0.6 is 0 Å². The van der Waals surface area contributed by atoms with Crippen LogP contribution in [-0.2, 0) is 16.1 Å². The predicted octanol–water partition coefficient (Wildman–Crippen LogP) is 1.75. The zero-order chi connectivity index (χ0) is 14.1. The maximum Gasteiger partial charge on any atom is 0.305 e. The molecule has 0 aliphatic heterocycles. The minimum absolute atomic E-state index is 0.223. The van der Waals surface area contributed by atoms with Gasteiger partial charge < -0.3 is 19.5 Å². The Balaban J connectivity index is 2.54. The normalized spacial score (nSPS) is 10.1. The summed E-state index contributed by atoms with van der Waals surface area (Å²) < 4.78 is 15.5. The van der Waals surface area contributed by atoms with Gasteiger partial charge >= 0.3 is 5.97 Å². The molecule has 5 heteroatoms. The standard InChI is InChI=1S/C14H21NO4/c1-15-10-11-6-7-12(17-2)13(9-11)19-8-4-5-14(16)18-3/h6-7,9,15H,4-5,8,10H2,1-3H3. The molecule has 0 saturated heterocycles. The van der Waals surface area contributed by atoms with Crippen molar-refractivity contribution < 1.29 is 19.0 Å². The van der Waals surface area contributed by atoms with Crippen LogP contribution in [0.15, 0.2) is 18.2 Å². The number of carbonyl (C=O) groups is 1. The highest BCUT2D eigenvalue weighted by Crippen LogP contribution is 2.28. The summed E-state index contributed by atoms with van der Waals surface area (Å²) >= 11 is 0. The van der Waals surface area contributed by atoms with Crippen molar-refractivity contribution in [2.24, 2.45) is 0 Å². The van der Waals surface area contributed by atoms with Crippen LogP contribution in [0, 0.1) is 0 Å². The molecule has 1 aromatic carbocycles. The summed E-state index contributed by atoms with van der Waals surface area (Å²) in [6, 6.07) is 5.80. The van der Waals surface area contributed by atoms with E-state index in [-0.39, 0.29) is 5.97 Å². The van der Waals surface area contributed by atoms with E-state index in [0.29, 0.717) is 30.9 Å². The first-order chi connectivity index (χ1) is 9.21. The maximum absolute atomic E-state index is 11.0. The van der Waals surface area contributed by atoms with Crippen LogP contribution in [0.1, 0.15) is 18.4 Å². The highest BCUT2D eigenvalue weighted by Gasteiger charge is 2.06. The van der Waals surface area contributed by atoms with Crippen LogP contribution < -0.4 is 14.8 Å². The molecule has 1 rings (SSSR count). The topological polar surface area (TPSA) is 56.8 Å². The molecule has 0 aliphatic rings. The van der Waals surface area contributed by atoms with E-state index in [1.165, 1.54) is 7.11 Å². The van der Waals surface area contributed by atoms with Crippen LogP contribution in [0.2, 0.25) is 0 Å². The predicted molar refractivity (Wildman–Crippen MR) is 72.5 cm³/mol. The fourth-order valence-corrected chi connectivity index (χ4v) is 1.65. The van der Waals surface area contributed by atoms with Crippen molar-refractivity contribution in [1.82, 2.24) is 5.32 Å². The lowest BCUT2D eigenvalue weighted by atomic mass is 10.2. The van der Waals surface area contributed by atoms with Gasteiger partial charge in [-0.2, -0.15) is 0 Å². The third-order valence-electron chi connectivity index (χ3n) is 2.62. The molecule has 0 fully saturated rings. The maximum atomic E-state index is 11.0. The number of methoxy groups -OCH3 is 2. The van der Waals surface area contributed by atoms with E-state index in [0.717, 1.165) is 12.1 Å². The quantitative estimate of drug-likeness (QED) is 0.574. The van der Waals surface area contributed by atoms with Crippen LogP contribution in [0.25, 0.3) is 0 Å². The second kappa shape index (κ2) is 8.37. The molecule has 1 aromatic rings. The van der Waals surface area contributed by atoms with Gasteiger partial charge in [-0.05, 0) is 31.2 Å². The highest BCUT2D eigenvalue weighted by molar-refractivity contribution is 5.69. The third-order valence-corrected chi connectivity index (χ3v) is 2.62. The molecule has 0 spiro atoms. The van der Waals surface area contributed by atoms with Crippen LogP contribution in [-0.4, -0.2) is 33.8 Å². The zero-order valence-corrected chi connectivity index (χ0v) is 11.7. The van der Waals surface area contributed by atoms with E-state index >= 15 is 0 Å². The summed E-state index contributed by atoms with van der Waals surface area (Å²) in [5, 5.41) is 3.08. The number of ether oxygens (including phenoxy) is 3. The minimum Gasteiger partial charge on any atom is -0.493 e. The lowest BCUT2D eigenvalue weighted by Crippen LogP contribution is -2.07. The monoisotopic (exact) mass is 267 g/mol. The number of carbonyl (C=O) groups excluding carboxylic acids is 1. The largest absolute Gasteiger partial charge is 0.493 e. The molecule has 0 radical (unpaired) electrons. The molecule has 0 bridgehead atoms. The summed E-state index contributed by atoms with van der Waals surface area (Å²) in [5.41, 5.74) is 1.12. The van der Waals surface area contributed by atoms with E-state index in [1.807, 2.05) is 25.2 Å². The SMILES string of the molecule is CNCc1ccc(OC)c(OCCCC(=O)OC)c1. The van der Waals surface area contributed by atoms with Gasteiger partial charge in [-0.15, -0.1) is 0 Å². The lowest BCUT2D eigenvalue weighted by Gasteiger charge is -2.12. The van der Waals surface area contributed by atoms with Gasteiger partial charge in [0.15, 0.2) is 11.5 Å². The number of rotatable bonds is 8. The Morgan fingerprint density at radius 2 is 2.05 bits per heavy atom. The Kier molecular flexibility index (Phi) is 6.74. The van der Waals surface area contributed by atoms with E-state index < -0.39 is 0 Å². The molecule has 0 amide bonds. The Labute approximate surface area is 113 Å². The van der Waals surface area contributed by atoms with Crippen LogP contribution in [0.5, 0.6) is 11.5 Å². The highest BCUT2D eigenvalue weighted by atomic mass is 16.5. The van der Waals surface area contributed by atoms with Gasteiger partial charge in [-0.1, -0.05) is 6.07 Å². The molecule has 19 heavy (non-hydrogen) atoms. The van der Waals surface area contributed by atoms with Crippen LogP contribution in [0.4, 0.5) is 0 Å². The number of nitrogens with one attached hydrogen (secondary N) is 1. The average Bonchev–Trinajstić information content (AvgIpc) is 2.44. The van der Waals surface area contributed by atoms with E-state index in [4.69, 9.17) is 9.47 Å². The third kappa shape index (κ3) is 5.18. The van der Waals surface area contributed by atoms with E-state index in [1.54, 1.807) is 7.11 Å². The van der Waals surface area contributed by atoms with Crippen molar-refractivity contribution in [1.29, 1.82) is 0 Å². The number of hydrogen-bond donors (Lipinski definition) is 1. The Hall–Kier alpha value is -1.75. The molecule has 5 nitrogen and oxygen atoms in total. The van der Waals surface area contributed by atoms with Crippen LogP contribution in [0.3, 0.4) is 0 Å². The molecule has 106 valence electrons. The fourth-order valence-electron chi connectivity index (χ4n) is 1.65. The number of benzene rings is 1. The number of hydrogen-bond acceptors (Lipinski definition) is 5. The first-order valence-corrected chi connectivity index (χ1v) is 6.22. The van der Waals surface area contributed by atoms with Gasteiger partial charge in [0.25, 0.3) is 0 Å². The molecule has 0 atom stereocenters. The summed E-state index contributed by atoms with van der Waals surface area (Å²) in [6.45, 7) is 1.22. The zero-order valence-electron chi connectivity index (χ0n) is 11.7. The summed E-state index contributed by atoms with van der Waals surface area (Å²) in [7, 11) is 4.88. The van der Waals surface area contributed by atoms with Crippen molar-refractivity contribution in [2.45, 2.75) is 19.4 Å². The first kappa shape index (κ1) is 15.3. The van der Waals surface area contributed by atoms with Crippen molar-refractivity contribution in [3.63, 3.8) is 0 Å². The van der Waals surface area contributed by atoms with Gasteiger partial charge in [0.05, 0.1) is 20.8 Å². The summed E-state index contributed by atoms with van der Waals surface area (Å²) in [5.74, 6) is 1.16. The lowest BCUT2D eigenvalue weighted by molar-refractivity contribution is -0.140. The molecule has 0 heterocycles. The van der Waals surface area contributed by atoms with E-state index in [2.05, 4.69) is 10.1 Å². The van der Waals surface area contributed by atoms with Gasteiger partial charge in [0, 0.05) is 13.0 Å². The van der Waals surface area contributed by atoms with Gasteiger partial charge in [0.1, 0.15) is 0 Å². The summed E-state index contributed by atoms with van der Waals surface area (Å²) in [4.78, 5) is 11.0. The van der Waals surface area contributed by atoms with Crippen molar-refractivity contribution in [2.75, 3.05) is 27.9 Å². The fraction of sp³-hybridized carbons (Fsp3) is 0.500. The molecule has 0 unspecified atom stereocenters. The molecule has 0 aromatic heterocycles. The van der Waals surface area contributed by atoms with Gasteiger partial charge in [-0.3, -0.25) is 4.79 Å². The van der Waals surface area contributed by atoms with Crippen molar-refractivity contribution in [3.05, 3.63) is 23.8 Å². The summed E-state index contributed by atoms with van der Waals surface area (Å²) in [6.07, 6.45) is 0.973. The minimum atomic E-state index is -0.223. The Morgan fingerprint density at radius 3 is 2.68 bits per heavy atom. The van der Waals surface area contributed by atoms with Gasteiger partial charge in [-0.25, -0.2) is 0 Å². The number of esters is 1. The van der Waals surface area contributed by atoms with Crippen molar-refractivity contribution >= 4 is 5.97 Å². The van der Waals surface area contributed by atoms with E-state index in [9.17, 15) is 4.79 Å². The average molecular weight is 267 g/mol. The van der Waals surface area contributed by atoms with Gasteiger partial charge in [0.2, 0.25) is 0 Å². The molecule has 0 aliphatic carbocycles. The molecule has 1 N–H and O–H groups in total. The Morgan fingerprint density at radius 1 is 1.26 bits per heavy atom. The second-order valence-electron chi connectivity index (χ2n) is 4.04. The second-order valence-corrected chi connectivity index (χ2v) is 4.04. The molecule has 0 saturated carbocycles.